The van der Waals surface area contributed by atoms with Crippen molar-refractivity contribution in [3.05, 3.63) is 33.9 Å². The van der Waals surface area contributed by atoms with Crippen LogP contribution in [0, 0.1) is 10.1 Å². The molecule has 1 N–H and O–H groups in total. The number of nitrogens with zero attached hydrogens (tertiary/aromatic N) is 1. The molecule has 7 heteroatoms. The van der Waals surface area contributed by atoms with Crippen molar-refractivity contribution >= 4 is 23.3 Å². The Labute approximate surface area is 109 Å². The quantitative estimate of drug-likeness (QED) is 0.500. The van der Waals surface area contributed by atoms with Crippen LogP contribution in [-0.2, 0) is 9.53 Å². The number of nitro groups is 1. The lowest BCUT2D eigenvalue weighted by molar-refractivity contribution is -0.384. The number of anilines is 1. The number of carbonyl (C=O) groups excluding carboxylic acids is 2. The summed E-state index contributed by atoms with van der Waals surface area (Å²) in [5.41, 5.74) is -0.217. The first-order chi connectivity index (χ1) is 8.99. The molecule has 0 heterocycles. The van der Waals surface area contributed by atoms with Crippen molar-refractivity contribution in [3.63, 3.8) is 0 Å². The molecule has 0 bridgehead atoms. The zero-order valence-electron chi connectivity index (χ0n) is 10.6. The van der Waals surface area contributed by atoms with E-state index in [0.717, 1.165) is 6.07 Å². The van der Waals surface area contributed by atoms with Gasteiger partial charge in [-0.3, -0.25) is 14.9 Å². The van der Waals surface area contributed by atoms with Crippen molar-refractivity contribution in [3.8, 4) is 0 Å². The van der Waals surface area contributed by atoms with E-state index in [-0.39, 0.29) is 29.3 Å². The zero-order valence-corrected chi connectivity index (χ0v) is 10.6. The van der Waals surface area contributed by atoms with Gasteiger partial charge < -0.3 is 10.1 Å². The Balaban J connectivity index is 3.08. The van der Waals surface area contributed by atoms with E-state index >= 15 is 0 Å². The molecule has 0 aromatic heterocycles. The van der Waals surface area contributed by atoms with Gasteiger partial charge in [0.25, 0.3) is 5.69 Å². The monoisotopic (exact) mass is 266 g/mol. The number of amides is 1. The van der Waals surface area contributed by atoms with E-state index in [1.807, 2.05) is 6.92 Å². The van der Waals surface area contributed by atoms with E-state index < -0.39 is 10.9 Å². The molecule has 0 aliphatic carbocycles. The van der Waals surface area contributed by atoms with Gasteiger partial charge in [-0.15, -0.1) is 0 Å². The summed E-state index contributed by atoms with van der Waals surface area (Å²) in [6.07, 6.45) is 0.912. The first-order valence-electron chi connectivity index (χ1n) is 5.66. The number of nitrogens with one attached hydrogen (secondary N) is 1. The van der Waals surface area contributed by atoms with E-state index in [0.29, 0.717) is 6.42 Å². The number of hydrogen-bond acceptors (Lipinski definition) is 5. The number of nitro benzene ring substituents is 1. The van der Waals surface area contributed by atoms with Gasteiger partial charge in [0.2, 0.25) is 5.91 Å². The van der Waals surface area contributed by atoms with Crippen molar-refractivity contribution in [1.29, 1.82) is 0 Å². The Morgan fingerprint density at radius 3 is 2.63 bits per heavy atom. The molecule has 0 aliphatic rings. The highest BCUT2D eigenvalue weighted by Gasteiger charge is 2.19. The molecule has 0 unspecified atom stereocenters. The van der Waals surface area contributed by atoms with Crippen molar-refractivity contribution < 1.29 is 19.2 Å². The van der Waals surface area contributed by atoms with Crippen LogP contribution in [-0.4, -0.2) is 23.9 Å². The van der Waals surface area contributed by atoms with E-state index in [1.165, 1.54) is 19.2 Å². The van der Waals surface area contributed by atoms with Crippen molar-refractivity contribution in [2.24, 2.45) is 0 Å². The molecule has 0 aliphatic heterocycles. The molecule has 7 nitrogen and oxygen atoms in total. The summed E-state index contributed by atoms with van der Waals surface area (Å²) in [5, 5.41) is 13.4. The van der Waals surface area contributed by atoms with E-state index in [1.54, 1.807) is 0 Å². The number of carbonyl (C=O) groups is 2. The molecule has 0 saturated carbocycles. The average molecular weight is 266 g/mol. The van der Waals surface area contributed by atoms with E-state index in [4.69, 9.17) is 0 Å². The number of methoxy groups -OCH3 is 1. The smallest absolute Gasteiger partial charge is 0.338 e. The topological polar surface area (TPSA) is 98.5 Å². The molecule has 0 spiro atoms. The highest BCUT2D eigenvalue weighted by atomic mass is 16.6. The van der Waals surface area contributed by atoms with Gasteiger partial charge in [0.1, 0.15) is 5.69 Å². The number of esters is 1. The third kappa shape index (κ3) is 3.77. The predicted molar refractivity (Wildman–Crippen MR) is 68.0 cm³/mol. The normalized spacial score (nSPS) is 9.79. The lowest BCUT2D eigenvalue weighted by atomic mass is 10.1. The first kappa shape index (κ1) is 14.6. The number of benzene rings is 1. The van der Waals surface area contributed by atoms with Crippen LogP contribution >= 0.6 is 0 Å². The summed E-state index contributed by atoms with van der Waals surface area (Å²) in [4.78, 5) is 33.0. The summed E-state index contributed by atoms with van der Waals surface area (Å²) in [6.45, 7) is 1.83. The largest absolute Gasteiger partial charge is 0.465 e. The van der Waals surface area contributed by atoms with Crippen LogP contribution in [0.4, 0.5) is 11.4 Å². The minimum absolute atomic E-state index is 0.0580. The van der Waals surface area contributed by atoms with Crippen LogP contribution in [0.15, 0.2) is 18.2 Å². The molecule has 1 aromatic carbocycles. The lowest BCUT2D eigenvalue weighted by Gasteiger charge is -2.06. The van der Waals surface area contributed by atoms with E-state index in [2.05, 4.69) is 10.1 Å². The molecular weight excluding hydrogens is 252 g/mol. The lowest BCUT2D eigenvalue weighted by Crippen LogP contribution is -2.12. The molecule has 1 amide bonds. The van der Waals surface area contributed by atoms with Gasteiger partial charge in [0.05, 0.1) is 17.6 Å². The zero-order chi connectivity index (χ0) is 14.4. The summed E-state index contributed by atoms with van der Waals surface area (Å²) in [6, 6.07) is 3.76. The summed E-state index contributed by atoms with van der Waals surface area (Å²) >= 11 is 0. The van der Waals surface area contributed by atoms with Crippen molar-refractivity contribution in [2.75, 3.05) is 12.4 Å². The maximum Gasteiger partial charge on any atom is 0.338 e. The maximum atomic E-state index is 11.4. The molecule has 0 radical (unpaired) electrons. The minimum atomic E-state index is -0.672. The van der Waals surface area contributed by atoms with Crippen molar-refractivity contribution in [2.45, 2.75) is 19.8 Å². The van der Waals surface area contributed by atoms with E-state index in [9.17, 15) is 19.7 Å². The summed E-state index contributed by atoms with van der Waals surface area (Å²) in [7, 11) is 1.19. The summed E-state index contributed by atoms with van der Waals surface area (Å²) < 4.78 is 4.48. The van der Waals surface area contributed by atoms with Crippen LogP contribution < -0.4 is 5.32 Å². The molecule has 1 aromatic rings. The molecule has 0 fully saturated rings. The van der Waals surface area contributed by atoms with Gasteiger partial charge in [0.15, 0.2) is 0 Å². The Bertz CT molecular complexity index is 513. The van der Waals surface area contributed by atoms with Crippen LogP contribution in [0.3, 0.4) is 0 Å². The maximum absolute atomic E-state index is 11.4. The second-order valence-electron chi connectivity index (χ2n) is 3.78. The Hall–Kier alpha value is -2.44. The molecule has 19 heavy (non-hydrogen) atoms. The predicted octanol–water partition coefficient (Wildman–Crippen LogP) is 2.12. The standard InChI is InChI=1S/C12H14N2O5/c1-3-4-11(15)13-9-6-5-8(12(16)19-2)7-10(9)14(17)18/h5-7H,3-4H2,1-2H3,(H,13,15). The van der Waals surface area contributed by atoms with Crippen LogP contribution in [0.25, 0.3) is 0 Å². The van der Waals surface area contributed by atoms with Crippen LogP contribution in [0.2, 0.25) is 0 Å². The number of ether oxygens (including phenoxy) is 1. The fourth-order valence-electron chi connectivity index (χ4n) is 1.47. The van der Waals surface area contributed by atoms with Gasteiger partial charge >= 0.3 is 5.97 Å². The third-order valence-corrected chi connectivity index (χ3v) is 2.37. The Morgan fingerprint density at radius 2 is 2.11 bits per heavy atom. The second kappa shape index (κ2) is 6.48. The minimum Gasteiger partial charge on any atom is -0.465 e. The Morgan fingerprint density at radius 1 is 1.42 bits per heavy atom. The van der Waals surface area contributed by atoms with Crippen LogP contribution in [0.5, 0.6) is 0 Å². The van der Waals surface area contributed by atoms with Crippen LogP contribution in [0.1, 0.15) is 30.1 Å². The SMILES string of the molecule is CCCC(=O)Nc1ccc(C(=O)OC)cc1[N+](=O)[O-]. The second-order valence-corrected chi connectivity index (χ2v) is 3.78. The van der Waals surface area contributed by atoms with Gasteiger partial charge in [-0.2, -0.15) is 0 Å². The van der Waals surface area contributed by atoms with Gasteiger partial charge in [-0.25, -0.2) is 4.79 Å². The summed E-state index contributed by atoms with van der Waals surface area (Å²) in [5.74, 6) is -0.981. The number of hydrogen-bond donors (Lipinski definition) is 1. The van der Waals surface area contributed by atoms with Gasteiger partial charge in [0, 0.05) is 12.5 Å². The molecule has 0 saturated heterocycles. The fourth-order valence-corrected chi connectivity index (χ4v) is 1.47. The van der Waals surface area contributed by atoms with Gasteiger partial charge in [-0.1, -0.05) is 6.92 Å². The average Bonchev–Trinajstić information content (AvgIpc) is 2.38. The molecule has 0 atom stereocenters. The molecule has 102 valence electrons. The third-order valence-electron chi connectivity index (χ3n) is 2.37. The van der Waals surface area contributed by atoms with Crippen molar-refractivity contribution in [1.82, 2.24) is 0 Å². The van der Waals surface area contributed by atoms with Gasteiger partial charge in [-0.05, 0) is 18.6 Å². The highest BCUT2D eigenvalue weighted by Crippen LogP contribution is 2.26. The first-order valence-corrected chi connectivity index (χ1v) is 5.66. The Kier molecular flexibility index (Phi) is 4.99. The fraction of sp³-hybridized carbons (Fsp3) is 0.333. The molecule has 1 rings (SSSR count). The number of rotatable bonds is 5. The highest BCUT2D eigenvalue weighted by molar-refractivity contribution is 5.95. The molecular formula is C12H14N2O5.